The molecule has 0 radical (unpaired) electrons. The maximum absolute atomic E-state index is 9.73. The van der Waals surface area contributed by atoms with Crippen molar-refractivity contribution in [3.63, 3.8) is 0 Å². The second kappa shape index (κ2) is 12.0. The van der Waals surface area contributed by atoms with Gasteiger partial charge in [-0.05, 0) is 36.4 Å². The summed E-state index contributed by atoms with van der Waals surface area (Å²) in [5, 5.41) is 26.0. The molecule has 0 bridgehead atoms. The monoisotopic (exact) mass is 500 g/mol. The van der Waals surface area contributed by atoms with Crippen molar-refractivity contribution in [2.24, 2.45) is 0 Å². The molecular formula is C16H20Br2Cl2N2O2. The zero-order valence-electron chi connectivity index (χ0n) is 12.8. The van der Waals surface area contributed by atoms with E-state index in [0.717, 1.165) is 33.2 Å². The first-order chi connectivity index (χ1) is 10.6. The van der Waals surface area contributed by atoms with Gasteiger partial charge in [0, 0.05) is 46.3 Å². The fourth-order valence-electron chi connectivity index (χ4n) is 2.01. The second-order valence-electron chi connectivity index (χ2n) is 4.90. The number of aromatic hydroxyl groups is 2. The highest BCUT2D eigenvalue weighted by Gasteiger charge is 2.02. The van der Waals surface area contributed by atoms with Crippen molar-refractivity contribution in [3.05, 3.63) is 56.5 Å². The van der Waals surface area contributed by atoms with E-state index in [2.05, 4.69) is 42.5 Å². The number of hydrogen-bond donors (Lipinski definition) is 4. The van der Waals surface area contributed by atoms with Gasteiger partial charge >= 0.3 is 0 Å². The van der Waals surface area contributed by atoms with Gasteiger partial charge in [0.1, 0.15) is 11.5 Å². The molecule has 2 aromatic rings. The van der Waals surface area contributed by atoms with Crippen LogP contribution in [0.4, 0.5) is 0 Å². The van der Waals surface area contributed by atoms with Gasteiger partial charge in [-0.25, -0.2) is 0 Å². The van der Waals surface area contributed by atoms with Crippen LogP contribution in [0.15, 0.2) is 45.3 Å². The van der Waals surface area contributed by atoms with Crippen LogP contribution < -0.4 is 10.6 Å². The van der Waals surface area contributed by atoms with Crippen LogP contribution >= 0.6 is 56.7 Å². The molecule has 0 unspecified atom stereocenters. The van der Waals surface area contributed by atoms with Gasteiger partial charge in [-0.2, -0.15) is 0 Å². The Hall–Kier alpha value is -0.500. The summed E-state index contributed by atoms with van der Waals surface area (Å²) in [6, 6.07) is 10.8. The van der Waals surface area contributed by atoms with E-state index in [1.807, 2.05) is 24.3 Å². The standard InChI is InChI=1S/C16H18Br2N2O2.2ClH/c17-13-1-3-15(21)11(7-13)9-19-5-6-20-10-12-8-14(18)2-4-16(12)22;;/h1-4,7-8,19-22H,5-6,9-10H2;2*1H. The lowest BCUT2D eigenvalue weighted by molar-refractivity contribution is 0.460. The lowest BCUT2D eigenvalue weighted by atomic mass is 10.2. The average Bonchev–Trinajstić information content (AvgIpc) is 2.49. The Morgan fingerprint density at radius 2 is 1.08 bits per heavy atom. The summed E-state index contributed by atoms with van der Waals surface area (Å²) in [5.74, 6) is 0.588. The number of nitrogens with one attached hydrogen (secondary N) is 2. The number of halogens is 4. The van der Waals surface area contributed by atoms with Gasteiger partial charge in [-0.15, -0.1) is 24.8 Å². The molecule has 0 aliphatic rings. The molecule has 2 rings (SSSR count). The Morgan fingerprint density at radius 1 is 0.708 bits per heavy atom. The smallest absolute Gasteiger partial charge is 0.120 e. The SMILES string of the molecule is Cl.Cl.Oc1ccc(Br)cc1CNCCNCc1cc(Br)ccc1O. The fraction of sp³-hybridized carbons (Fsp3) is 0.250. The quantitative estimate of drug-likeness (QED) is 0.425. The zero-order valence-corrected chi connectivity index (χ0v) is 17.6. The Balaban J connectivity index is 0.00000264. The van der Waals surface area contributed by atoms with E-state index in [9.17, 15) is 10.2 Å². The molecule has 134 valence electrons. The predicted octanol–water partition coefficient (Wildman–Crippen LogP) is 4.35. The lowest BCUT2D eigenvalue weighted by Crippen LogP contribution is -2.26. The van der Waals surface area contributed by atoms with Gasteiger partial charge in [0.05, 0.1) is 0 Å². The minimum absolute atomic E-state index is 0. The highest BCUT2D eigenvalue weighted by atomic mass is 79.9. The van der Waals surface area contributed by atoms with Crippen molar-refractivity contribution in [2.45, 2.75) is 13.1 Å². The van der Waals surface area contributed by atoms with Gasteiger partial charge in [-0.1, -0.05) is 31.9 Å². The predicted molar refractivity (Wildman–Crippen MR) is 110 cm³/mol. The summed E-state index contributed by atoms with van der Waals surface area (Å²) < 4.78 is 1.90. The minimum Gasteiger partial charge on any atom is -0.508 e. The number of phenols is 2. The Kier molecular flexibility index (Phi) is 11.7. The van der Waals surface area contributed by atoms with Crippen LogP contribution in [0.2, 0.25) is 0 Å². The van der Waals surface area contributed by atoms with E-state index < -0.39 is 0 Å². The van der Waals surface area contributed by atoms with Gasteiger partial charge in [0.15, 0.2) is 0 Å². The Labute approximate surface area is 171 Å². The number of benzene rings is 2. The molecule has 0 aliphatic carbocycles. The van der Waals surface area contributed by atoms with Gasteiger partial charge in [0.25, 0.3) is 0 Å². The molecular weight excluding hydrogens is 483 g/mol. The summed E-state index contributed by atoms with van der Waals surface area (Å²) in [6.07, 6.45) is 0. The summed E-state index contributed by atoms with van der Waals surface area (Å²) in [6.45, 7) is 2.74. The molecule has 8 heteroatoms. The normalized spacial score (nSPS) is 9.92. The highest BCUT2D eigenvalue weighted by molar-refractivity contribution is 9.10. The Bertz CT molecular complexity index is 590. The van der Waals surface area contributed by atoms with Crippen LogP contribution in [0.1, 0.15) is 11.1 Å². The third-order valence-corrected chi connectivity index (χ3v) is 4.18. The first-order valence-corrected chi connectivity index (χ1v) is 8.51. The van der Waals surface area contributed by atoms with Crippen LogP contribution in [0.25, 0.3) is 0 Å². The molecule has 4 nitrogen and oxygen atoms in total. The molecule has 0 spiro atoms. The number of rotatable bonds is 7. The van der Waals surface area contributed by atoms with Crippen molar-refractivity contribution < 1.29 is 10.2 Å². The molecule has 0 aliphatic heterocycles. The van der Waals surface area contributed by atoms with E-state index in [1.54, 1.807) is 12.1 Å². The van der Waals surface area contributed by atoms with E-state index in [-0.39, 0.29) is 24.8 Å². The summed E-state index contributed by atoms with van der Waals surface area (Å²) in [4.78, 5) is 0. The van der Waals surface area contributed by atoms with Crippen LogP contribution in [0, 0.1) is 0 Å². The van der Waals surface area contributed by atoms with Gasteiger partial charge in [-0.3, -0.25) is 0 Å². The average molecular weight is 503 g/mol. The van der Waals surface area contributed by atoms with E-state index in [0.29, 0.717) is 24.6 Å². The number of hydrogen-bond acceptors (Lipinski definition) is 4. The summed E-state index contributed by atoms with van der Waals surface area (Å²) >= 11 is 6.78. The van der Waals surface area contributed by atoms with E-state index >= 15 is 0 Å². The molecule has 0 heterocycles. The molecule has 0 amide bonds. The maximum Gasteiger partial charge on any atom is 0.120 e. The van der Waals surface area contributed by atoms with E-state index in [1.165, 1.54) is 0 Å². The van der Waals surface area contributed by atoms with Gasteiger partial charge < -0.3 is 20.8 Å². The van der Waals surface area contributed by atoms with Crippen molar-refractivity contribution in [1.82, 2.24) is 10.6 Å². The first-order valence-electron chi connectivity index (χ1n) is 6.92. The topological polar surface area (TPSA) is 64.5 Å². The largest absolute Gasteiger partial charge is 0.508 e. The van der Waals surface area contributed by atoms with Crippen molar-refractivity contribution in [1.29, 1.82) is 0 Å². The van der Waals surface area contributed by atoms with Crippen LogP contribution in [0.5, 0.6) is 11.5 Å². The lowest BCUT2D eigenvalue weighted by Gasteiger charge is -2.09. The molecule has 0 saturated carbocycles. The van der Waals surface area contributed by atoms with Crippen LogP contribution in [-0.4, -0.2) is 23.3 Å². The zero-order chi connectivity index (χ0) is 15.9. The van der Waals surface area contributed by atoms with Crippen molar-refractivity contribution in [2.75, 3.05) is 13.1 Å². The fourth-order valence-corrected chi connectivity index (χ4v) is 2.83. The molecule has 0 atom stereocenters. The first kappa shape index (κ1) is 23.5. The number of phenolic OH excluding ortho intramolecular Hbond substituents is 2. The van der Waals surface area contributed by atoms with E-state index in [4.69, 9.17) is 0 Å². The molecule has 4 N–H and O–H groups in total. The second-order valence-corrected chi connectivity index (χ2v) is 6.73. The van der Waals surface area contributed by atoms with Crippen molar-refractivity contribution in [3.8, 4) is 11.5 Å². The molecule has 24 heavy (non-hydrogen) atoms. The summed E-state index contributed by atoms with van der Waals surface area (Å²) in [7, 11) is 0. The Morgan fingerprint density at radius 3 is 1.46 bits per heavy atom. The molecule has 0 fully saturated rings. The summed E-state index contributed by atoms with van der Waals surface area (Å²) in [5.41, 5.74) is 1.72. The molecule has 0 aromatic heterocycles. The minimum atomic E-state index is 0. The highest BCUT2D eigenvalue weighted by Crippen LogP contribution is 2.22. The maximum atomic E-state index is 9.73. The third kappa shape index (κ3) is 7.59. The van der Waals surface area contributed by atoms with Crippen LogP contribution in [-0.2, 0) is 13.1 Å². The van der Waals surface area contributed by atoms with Crippen molar-refractivity contribution >= 4 is 56.7 Å². The van der Waals surface area contributed by atoms with Gasteiger partial charge in [0.2, 0.25) is 0 Å². The van der Waals surface area contributed by atoms with Crippen LogP contribution in [0.3, 0.4) is 0 Å². The molecule has 2 aromatic carbocycles. The third-order valence-electron chi connectivity index (χ3n) is 3.19. The molecule has 0 saturated heterocycles.